The second-order valence-electron chi connectivity index (χ2n) is 9.48. The van der Waals surface area contributed by atoms with Gasteiger partial charge in [-0.3, -0.25) is 9.59 Å². The van der Waals surface area contributed by atoms with Crippen molar-refractivity contribution < 1.29 is 9.59 Å². The molecule has 0 unspecified atom stereocenters. The number of hydrogen-bond acceptors (Lipinski definition) is 4. The molecule has 2 N–H and O–H groups in total. The number of piperazine rings is 1. The van der Waals surface area contributed by atoms with E-state index in [1.165, 1.54) is 0 Å². The van der Waals surface area contributed by atoms with E-state index in [0.29, 0.717) is 32.6 Å². The van der Waals surface area contributed by atoms with Gasteiger partial charge in [-0.2, -0.15) is 5.26 Å². The molecule has 1 aliphatic heterocycles. The predicted molar refractivity (Wildman–Crippen MR) is 121 cm³/mol. The zero-order chi connectivity index (χ0) is 22.3. The molecule has 2 amide bonds. The Hall–Kier alpha value is -3.17. The summed E-state index contributed by atoms with van der Waals surface area (Å²) in [6.45, 7) is 2.24. The maximum absolute atomic E-state index is 12.8. The molecule has 1 saturated heterocycles. The minimum absolute atomic E-state index is 0.0339. The maximum atomic E-state index is 12.8. The van der Waals surface area contributed by atoms with E-state index in [-0.39, 0.29) is 17.2 Å². The first-order chi connectivity index (χ1) is 15.4. The molecule has 164 valence electrons. The number of rotatable bonds is 5. The van der Waals surface area contributed by atoms with Gasteiger partial charge in [0.05, 0.1) is 23.4 Å². The van der Waals surface area contributed by atoms with Crippen LogP contribution in [0.3, 0.4) is 0 Å². The van der Waals surface area contributed by atoms with Crippen molar-refractivity contribution in [3.05, 3.63) is 59.7 Å². The monoisotopic (exact) mass is 428 g/mol. The van der Waals surface area contributed by atoms with Gasteiger partial charge in [0.2, 0.25) is 11.8 Å². The fourth-order valence-electron chi connectivity index (χ4n) is 4.51. The summed E-state index contributed by atoms with van der Waals surface area (Å²) in [6, 6.07) is 18.8. The summed E-state index contributed by atoms with van der Waals surface area (Å²) in [5.74, 6) is 0.122. The summed E-state index contributed by atoms with van der Waals surface area (Å²) in [5.41, 5.74) is 9.34. The van der Waals surface area contributed by atoms with Gasteiger partial charge in [-0.05, 0) is 54.0 Å². The lowest BCUT2D eigenvalue weighted by Crippen LogP contribution is -2.55. The molecule has 5 rings (SSSR count). The Balaban J connectivity index is 1.19. The van der Waals surface area contributed by atoms with Gasteiger partial charge in [-0.1, -0.05) is 42.5 Å². The minimum atomic E-state index is -0.638. The number of nitrogens with two attached hydrogens (primary N) is 1. The number of nitriles is 1. The van der Waals surface area contributed by atoms with Crippen LogP contribution in [0.4, 0.5) is 0 Å². The average Bonchev–Trinajstić information content (AvgIpc) is 3.76. The Bertz CT molecular complexity index is 1090. The van der Waals surface area contributed by atoms with Gasteiger partial charge in [0.15, 0.2) is 0 Å². The predicted octanol–water partition coefficient (Wildman–Crippen LogP) is 2.61. The number of carbonyl (C=O) groups excluding carboxylic acids is 2. The lowest BCUT2D eigenvalue weighted by atomic mass is 9.93. The van der Waals surface area contributed by atoms with Crippen LogP contribution in [-0.2, 0) is 21.4 Å². The highest BCUT2D eigenvalue weighted by atomic mass is 16.2. The van der Waals surface area contributed by atoms with Crippen LogP contribution in [0.1, 0.15) is 36.8 Å². The van der Waals surface area contributed by atoms with E-state index in [1.807, 2.05) is 41.3 Å². The lowest BCUT2D eigenvalue weighted by Gasteiger charge is -2.36. The molecule has 0 aromatic heterocycles. The summed E-state index contributed by atoms with van der Waals surface area (Å²) in [6.07, 6.45) is 3.76. The van der Waals surface area contributed by atoms with Gasteiger partial charge in [-0.15, -0.1) is 0 Å². The summed E-state index contributed by atoms with van der Waals surface area (Å²) in [4.78, 5) is 28.8. The topological polar surface area (TPSA) is 90.4 Å². The highest BCUT2D eigenvalue weighted by Crippen LogP contribution is 2.48. The van der Waals surface area contributed by atoms with E-state index in [2.05, 4.69) is 18.2 Å². The van der Waals surface area contributed by atoms with Crippen molar-refractivity contribution >= 4 is 11.8 Å². The standard InChI is InChI=1S/C26H28N4O2/c27-18-25(8-9-25)22-3-1-2-21(17-22)20-6-4-19(5-7-20)16-23(31)29-12-14-30(15-13-29)24(32)26(28)10-11-26/h1-7,17H,8-16,28H2. The SMILES string of the molecule is N#CC1(c2cccc(-c3ccc(CC(=O)N4CCN(C(=O)C5(N)CC5)CC4)cc3)c2)CC1. The zero-order valence-corrected chi connectivity index (χ0v) is 18.2. The minimum Gasteiger partial charge on any atom is -0.339 e. The third-order valence-electron chi connectivity index (χ3n) is 7.16. The summed E-state index contributed by atoms with van der Waals surface area (Å²) in [5, 5.41) is 9.47. The molecular formula is C26H28N4O2. The molecule has 32 heavy (non-hydrogen) atoms. The van der Waals surface area contributed by atoms with Gasteiger partial charge < -0.3 is 15.5 Å². The van der Waals surface area contributed by atoms with Crippen LogP contribution in [-0.4, -0.2) is 53.3 Å². The highest BCUT2D eigenvalue weighted by Gasteiger charge is 2.48. The van der Waals surface area contributed by atoms with Crippen LogP contribution in [0.2, 0.25) is 0 Å². The first-order valence-corrected chi connectivity index (χ1v) is 11.4. The number of hydrogen-bond donors (Lipinski definition) is 1. The van der Waals surface area contributed by atoms with E-state index in [9.17, 15) is 14.9 Å². The highest BCUT2D eigenvalue weighted by molar-refractivity contribution is 5.89. The van der Waals surface area contributed by atoms with Gasteiger partial charge in [-0.25, -0.2) is 0 Å². The van der Waals surface area contributed by atoms with E-state index in [4.69, 9.17) is 5.73 Å². The van der Waals surface area contributed by atoms with E-state index < -0.39 is 5.54 Å². The van der Waals surface area contributed by atoms with E-state index in [1.54, 1.807) is 4.90 Å². The van der Waals surface area contributed by atoms with Crippen molar-refractivity contribution in [1.29, 1.82) is 5.26 Å². The normalized spacial score (nSPS) is 20.4. The number of carbonyl (C=O) groups is 2. The third kappa shape index (κ3) is 3.89. The molecule has 2 aliphatic carbocycles. The number of nitrogens with zero attached hydrogens (tertiary/aromatic N) is 3. The summed E-state index contributed by atoms with van der Waals surface area (Å²) >= 11 is 0. The molecule has 0 atom stereocenters. The van der Waals surface area contributed by atoms with E-state index in [0.717, 1.165) is 47.9 Å². The molecular weight excluding hydrogens is 400 g/mol. The summed E-state index contributed by atoms with van der Waals surface area (Å²) < 4.78 is 0. The maximum Gasteiger partial charge on any atom is 0.242 e. The first kappa shape index (κ1) is 20.7. The molecule has 0 spiro atoms. The van der Waals surface area contributed by atoms with Crippen molar-refractivity contribution in [2.24, 2.45) is 5.73 Å². The molecule has 2 saturated carbocycles. The fourth-order valence-corrected chi connectivity index (χ4v) is 4.51. The quantitative estimate of drug-likeness (QED) is 0.793. The molecule has 1 heterocycles. The van der Waals surface area contributed by atoms with Crippen LogP contribution in [0.5, 0.6) is 0 Å². The molecule has 6 nitrogen and oxygen atoms in total. The number of benzene rings is 2. The van der Waals surface area contributed by atoms with Crippen LogP contribution in [0, 0.1) is 11.3 Å². The Labute approximate surface area is 188 Å². The molecule has 0 radical (unpaired) electrons. The van der Waals surface area contributed by atoms with Crippen molar-refractivity contribution in [3.8, 4) is 17.2 Å². The largest absolute Gasteiger partial charge is 0.339 e. The number of amides is 2. The summed E-state index contributed by atoms with van der Waals surface area (Å²) in [7, 11) is 0. The molecule has 0 bridgehead atoms. The average molecular weight is 429 g/mol. The van der Waals surface area contributed by atoms with Gasteiger partial charge in [0.1, 0.15) is 0 Å². The van der Waals surface area contributed by atoms with Crippen molar-refractivity contribution in [1.82, 2.24) is 9.80 Å². The molecule has 6 heteroatoms. The fraction of sp³-hybridized carbons (Fsp3) is 0.423. The zero-order valence-electron chi connectivity index (χ0n) is 18.2. The lowest BCUT2D eigenvalue weighted by molar-refractivity contribution is -0.140. The van der Waals surface area contributed by atoms with E-state index >= 15 is 0 Å². The van der Waals surface area contributed by atoms with Crippen LogP contribution >= 0.6 is 0 Å². The van der Waals surface area contributed by atoms with Crippen molar-refractivity contribution in [3.63, 3.8) is 0 Å². The second-order valence-corrected chi connectivity index (χ2v) is 9.48. The molecule has 3 fully saturated rings. The smallest absolute Gasteiger partial charge is 0.242 e. The third-order valence-corrected chi connectivity index (χ3v) is 7.16. The Morgan fingerprint density at radius 3 is 2.16 bits per heavy atom. The first-order valence-electron chi connectivity index (χ1n) is 11.4. The Morgan fingerprint density at radius 1 is 0.906 bits per heavy atom. The van der Waals surface area contributed by atoms with Crippen molar-refractivity contribution in [2.45, 2.75) is 43.1 Å². The molecule has 2 aromatic rings. The van der Waals surface area contributed by atoms with Crippen molar-refractivity contribution in [2.75, 3.05) is 26.2 Å². The Kier molecular flexibility index (Phi) is 5.02. The van der Waals surface area contributed by atoms with Crippen LogP contribution < -0.4 is 5.73 Å². The molecule has 2 aromatic carbocycles. The van der Waals surface area contributed by atoms with Crippen LogP contribution in [0.25, 0.3) is 11.1 Å². The van der Waals surface area contributed by atoms with Gasteiger partial charge in [0, 0.05) is 26.2 Å². The van der Waals surface area contributed by atoms with Gasteiger partial charge >= 0.3 is 0 Å². The second kappa shape index (κ2) is 7.75. The van der Waals surface area contributed by atoms with Gasteiger partial charge in [0.25, 0.3) is 0 Å². The van der Waals surface area contributed by atoms with Crippen LogP contribution in [0.15, 0.2) is 48.5 Å². The molecule has 3 aliphatic rings. The Morgan fingerprint density at radius 2 is 1.56 bits per heavy atom.